The van der Waals surface area contributed by atoms with Crippen LogP contribution in [0.15, 0.2) is 23.8 Å². The molecule has 0 aliphatic heterocycles. The zero-order valence-electron chi connectivity index (χ0n) is 9.08. The van der Waals surface area contributed by atoms with E-state index in [9.17, 15) is 9.90 Å². The van der Waals surface area contributed by atoms with Crippen molar-refractivity contribution in [1.29, 1.82) is 0 Å². The number of aliphatic hydroxyl groups is 1. The van der Waals surface area contributed by atoms with Crippen LogP contribution >= 0.6 is 0 Å². The highest BCUT2D eigenvalue weighted by Gasteiger charge is 2.35. The van der Waals surface area contributed by atoms with E-state index in [0.717, 1.165) is 17.6 Å². The molecule has 2 unspecified atom stereocenters. The van der Waals surface area contributed by atoms with Crippen molar-refractivity contribution in [2.24, 2.45) is 11.8 Å². The molecule has 2 nitrogen and oxygen atoms in total. The molecule has 1 N–H and O–H groups in total. The molecular formula is C12H18O2. The molecule has 0 amide bonds. The fraction of sp³-hybridized carbons (Fsp3) is 0.583. The van der Waals surface area contributed by atoms with Crippen LogP contribution in [0.1, 0.15) is 27.2 Å². The van der Waals surface area contributed by atoms with Gasteiger partial charge in [0.05, 0.1) is 12.0 Å². The van der Waals surface area contributed by atoms with E-state index < -0.39 is 6.10 Å². The topological polar surface area (TPSA) is 37.3 Å². The minimum Gasteiger partial charge on any atom is -0.393 e. The molecule has 0 spiro atoms. The largest absolute Gasteiger partial charge is 0.393 e. The smallest absolute Gasteiger partial charge is 0.164 e. The molecular weight excluding hydrogens is 176 g/mol. The first-order valence-electron chi connectivity index (χ1n) is 4.99. The summed E-state index contributed by atoms with van der Waals surface area (Å²) in [6.45, 7) is 9.29. The van der Waals surface area contributed by atoms with Crippen molar-refractivity contribution in [1.82, 2.24) is 0 Å². The van der Waals surface area contributed by atoms with Gasteiger partial charge in [0, 0.05) is 0 Å². The lowest BCUT2D eigenvalue weighted by Gasteiger charge is -2.31. The third-order valence-electron chi connectivity index (χ3n) is 2.96. The number of hydrogen-bond donors (Lipinski definition) is 1. The lowest BCUT2D eigenvalue weighted by molar-refractivity contribution is -0.124. The molecule has 0 heterocycles. The summed E-state index contributed by atoms with van der Waals surface area (Å²) in [5.41, 5.74) is 1.75. The van der Waals surface area contributed by atoms with E-state index in [1.165, 1.54) is 0 Å². The van der Waals surface area contributed by atoms with Crippen LogP contribution in [0.25, 0.3) is 0 Å². The van der Waals surface area contributed by atoms with Gasteiger partial charge in [-0.1, -0.05) is 18.2 Å². The summed E-state index contributed by atoms with van der Waals surface area (Å²) in [6.07, 6.45) is 2.18. The molecule has 14 heavy (non-hydrogen) atoms. The van der Waals surface area contributed by atoms with Crippen molar-refractivity contribution in [2.75, 3.05) is 0 Å². The molecule has 0 aromatic rings. The van der Waals surface area contributed by atoms with E-state index in [-0.39, 0.29) is 17.6 Å². The predicted octanol–water partition coefficient (Wildman–Crippen LogP) is 2.09. The quantitative estimate of drug-likeness (QED) is 0.683. The van der Waals surface area contributed by atoms with E-state index in [2.05, 4.69) is 6.58 Å². The van der Waals surface area contributed by atoms with Crippen molar-refractivity contribution in [3.05, 3.63) is 23.8 Å². The van der Waals surface area contributed by atoms with Crippen molar-refractivity contribution < 1.29 is 9.90 Å². The highest BCUT2D eigenvalue weighted by molar-refractivity contribution is 5.98. The normalized spacial score (nSPS) is 29.7. The van der Waals surface area contributed by atoms with Gasteiger partial charge in [-0.05, 0) is 38.7 Å². The summed E-state index contributed by atoms with van der Waals surface area (Å²) >= 11 is 0. The van der Waals surface area contributed by atoms with E-state index in [1.54, 1.807) is 6.92 Å². The molecule has 0 bridgehead atoms. The maximum Gasteiger partial charge on any atom is 0.164 e. The Hall–Kier alpha value is -0.890. The van der Waals surface area contributed by atoms with Gasteiger partial charge in [0.2, 0.25) is 0 Å². The first kappa shape index (κ1) is 11.2. The van der Waals surface area contributed by atoms with Gasteiger partial charge in [-0.3, -0.25) is 4.79 Å². The molecule has 0 aromatic carbocycles. The number of Topliss-reactive ketones (excluding diaryl/α,β-unsaturated/α-hetero) is 1. The number of ketones is 1. The molecule has 78 valence electrons. The van der Waals surface area contributed by atoms with Gasteiger partial charge in [-0.15, -0.1) is 0 Å². The van der Waals surface area contributed by atoms with Crippen LogP contribution in [0, 0.1) is 11.8 Å². The highest BCUT2D eigenvalue weighted by atomic mass is 16.3. The van der Waals surface area contributed by atoms with Crippen LogP contribution in [-0.4, -0.2) is 17.0 Å². The first-order chi connectivity index (χ1) is 6.45. The maximum absolute atomic E-state index is 11.8. The molecule has 0 saturated heterocycles. The highest BCUT2D eigenvalue weighted by Crippen LogP contribution is 2.33. The number of aliphatic hydroxyl groups excluding tert-OH is 1. The molecule has 0 fully saturated rings. The Morgan fingerprint density at radius 3 is 2.71 bits per heavy atom. The van der Waals surface area contributed by atoms with Crippen LogP contribution in [-0.2, 0) is 4.79 Å². The Morgan fingerprint density at radius 2 is 2.29 bits per heavy atom. The second kappa shape index (κ2) is 4.09. The van der Waals surface area contributed by atoms with Gasteiger partial charge in [0.25, 0.3) is 0 Å². The van der Waals surface area contributed by atoms with E-state index >= 15 is 0 Å². The second-order valence-corrected chi connectivity index (χ2v) is 4.21. The summed E-state index contributed by atoms with van der Waals surface area (Å²) in [5.74, 6) is -0.122. The van der Waals surface area contributed by atoms with Gasteiger partial charge in [0.15, 0.2) is 5.78 Å². The average molecular weight is 194 g/mol. The van der Waals surface area contributed by atoms with E-state index in [4.69, 9.17) is 0 Å². The second-order valence-electron chi connectivity index (χ2n) is 4.21. The minimum absolute atomic E-state index is 0.0688. The predicted molar refractivity (Wildman–Crippen MR) is 56.9 cm³/mol. The van der Waals surface area contributed by atoms with Crippen molar-refractivity contribution >= 4 is 5.78 Å². The maximum atomic E-state index is 11.8. The number of hydrogen-bond acceptors (Lipinski definition) is 2. The summed E-state index contributed by atoms with van der Waals surface area (Å²) in [6, 6.07) is 0. The van der Waals surface area contributed by atoms with Crippen molar-refractivity contribution in [3.8, 4) is 0 Å². The number of carbonyl (C=O) groups excluding carboxylic acids is 1. The molecule has 1 rings (SSSR count). The monoisotopic (exact) mass is 194 g/mol. The third kappa shape index (κ3) is 1.95. The fourth-order valence-electron chi connectivity index (χ4n) is 2.06. The lowest BCUT2D eigenvalue weighted by Crippen LogP contribution is -2.36. The summed E-state index contributed by atoms with van der Waals surface area (Å²) < 4.78 is 0. The Balaban J connectivity index is 2.99. The number of carbonyl (C=O) groups is 1. The molecule has 1 aliphatic rings. The van der Waals surface area contributed by atoms with Gasteiger partial charge in [0.1, 0.15) is 0 Å². The fourth-order valence-corrected chi connectivity index (χ4v) is 2.06. The van der Waals surface area contributed by atoms with Crippen molar-refractivity contribution in [2.45, 2.75) is 33.3 Å². The zero-order chi connectivity index (χ0) is 10.9. The van der Waals surface area contributed by atoms with E-state index in [1.807, 2.05) is 19.9 Å². The standard InChI is InChI=1S/C12H18O2/c1-7(2)10-6-5-8(3)12(14)11(10)9(4)13/h5,9-11,13H,1,6H2,2-4H3/t9?,10-,11?/m0/s1. The third-order valence-corrected chi connectivity index (χ3v) is 2.96. The number of allylic oxidation sites excluding steroid dienone is 3. The van der Waals surface area contributed by atoms with Crippen LogP contribution in [0.3, 0.4) is 0 Å². The van der Waals surface area contributed by atoms with Crippen LogP contribution in [0.5, 0.6) is 0 Å². The molecule has 0 aromatic heterocycles. The molecule has 3 atom stereocenters. The summed E-state index contributed by atoms with van der Waals surface area (Å²) in [5, 5.41) is 9.60. The lowest BCUT2D eigenvalue weighted by atomic mass is 9.73. The van der Waals surface area contributed by atoms with Gasteiger partial charge in [-0.2, -0.15) is 0 Å². The van der Waals surface area contributed by atoms with Gasteiger partial charge in [-0.25, -0.2) is 0 Å². The molecule has 2 heteroatoms. The molecule has 0 saturated carbocycles. The number of rotatable bonds is 2. The van der Waals surface area contributed by atoms with Crippen molar-refractivity contribution in [3.63, 3.8) is 0 Å². The Labute approximate surface area is 85.3 Å². The van der Waals surface area contributed by atoms with E-state index in [0.29, 0.717) is 0 Å². The zero-order valence-corrected chi connectivity index (χ0v) is 9.08. The Kier molecular flexibility index (Phi) is 3.27. The SMILES string of the molecule is C=C(C)[C@@H]1CC=C(C)C(=O)C1C(C)O. The first-order valence-corrected chi connectivity index (χ1v) is 4.99. The Morgan fingerprint density at radius 1 is 1.71 bits per heavy atom. The molecule has 1 aliphatic carbocycles. The Bertz CT molecular complexity index is 287. The minimum atomic E-state index is -0.590. The molecule has 0 radical (unpaired) electrons. The van der Waals surface area contributed by atoms with Crippen LogP contribution in [0.2, 0.25) is 0 Å². The average Bonchev–Trinajstić information content (AvgIpc) is 2.08. The summed E-state index contributed by atoms with van der Waals surface area (Å²) in [4.78, 5) is 11.8. The van der Waals surface area contributed by atoms with Crippen LogP contribution < -0.4 is 0 Å². The van der Waals surface area contributed by atoms with Crippen LogP contribution in [0.4, 0.5) is 0 Å². The summed E-state index contributed by atoms with van der Waals surface area (Å²) in [7, 11) is 0. The van der Waals surface area contributed by atoms with Gasteiger partial charge < -0.3 is 5.11 Å². The van der Waals surface area contributed by atoms with Gasteiger partial charge >= 0.3 is 0 Å².